The highest BCUT2D eigenvalue weighted by atomic mass is 32.2. The van der Waals surface area contributed by atoms with Gasteiger partial charge in [0.25, 0.3) is 0 Å². The van der Waals surface area contributed by atoms with Gasteiger partial charge in [-0.2, -0.15) is 11.8 Å². The molecule has 1 atom stereocenters. The number of rotatable bonds is 4. The fourth-order valence-corrected chi connectivity index (χ4v) is 3.28. The maximum atomic E-state index is 12.3. The lowest BCUT2D eigenvalue weighted by Gasteiger charge is -2.31. The van der Waals surface area contributed by atoms with E-state index in [9.17, 15) is 4.79 Å². The fourth-order valence-electron chi connectivity index (χ4n) is 2.17. The van der Waals surface area contributed by atoms with Crippen LogP contribution >= 0.6 is 24.0 Å². The molecule has 1 aromatic carbocycles. The van der Waals surface area contributed by atoms with Gasteiger partial charge >= 0.3 is 0 Å². The molecule has 1 aromatic rings. The fraction of sp³-hybridized carbons (Fsp3) is 0.429. The maximum absolute atomic E-state index is 12.3. The molecule has 0 bridgehead atoms. The highest BCUT2D eigenvalue weighted by Crippen LogP contribution is 2.17. The van der Waals surface area contributed by atoms with E-state index in [2.05, 4.69) is 10.2 Å². The Morgan fingerprint density at radius 2 is 2.05 bits per heavy atom. The molecule has 0 saturated carbocycles. The van der Waals surface area contributed by atoms with Crippen LogP contribution in [0.4, 0.5) is 5.69 Å². The number of thiocarbonyl (C=S) groups is 1. The zero-order valence-electron chi connectivity index (χ0n) is 11.5. The molecule has 0 spiro atoms. The highest BCUT2D eigenvalue weighted by molar-refractivity contribution is 7.99. The smallest absolute Gasteiger partial charge is 0.241 e. The van der Waals surface area contributed by atoms with Crippen molar-refractivity contribution >= 4 is 40.6 Å². The van der Waals surface area contributed by atoms with E-state index in [1.54, 1.807) is 0 Å². The number of carbonyl (C=O) groups excluding carboxylic acids is 1. The molecule has 108 valence electrons. The molecule has 1 aliphatic heterocycles. The van der Waals surface area contributed by atoms with Crippen molar-refractivity contribution in [1.29, 1.82) is 0 Å². The van der Waals surface area contributed by atoms with Crippen LogP contribution < -0.4 is 11.1 Å². The number of para-hydroxylation sites is 1. The Morgan fingerprint density at radius 3 is 2.70 bits per heavy atom. The molecule has 2 rings (SSSR count). The Morgan fingerprint density at radius 1 is 1.40 bits per heavy atom. The van der Waals surface area contributed by atoms with Crippen LogP contribution in [-0.2, 0) is 4.79 Å². The van der Waals surface area contributed by atoms with Crippen molar-refractivity contribution < 1.29 is 4.79 Å². The third kappa shape index (κ3) is 3.71. The number of thioether (sulfide) groups is 1. The summed E-state index contributed by atoms with van der Waals surface area (Å²) in [7, 11) is 0. The van der Waals surface area contributed by atoms with E-state index in [1.165, 1.54) is 0 Å². The van der Waals surface area contributed by atoms with Gasteiger partial charge in [-0.1, -0.05) is 24.4 Å². The molecule has 0 radical (unpaired) electrons. The summed E-state index contributed by atoms with van der Waals surface area (Å²) in [5.74, 6) is 2.16. The van der Waals surface area contributed by atoms with Crippen molar-refractivity contribution in [2.45, 2.75) is 13.0 Å². The third-order valence-corrected chi connectivity index (χ3v) is 4.59. The van der Waals surface area contributed by atoms with Gasteiger partial charge in [0.05, 0.1) is 11.7 Å². The third-order valence-electron chi connectivity index (χ3n) is 3.42. The second-order valence-corrected chi connectivity index (χ2v) is 6.39. The highest BCUT2D eigenvalue weighted by Gasteiger charge is 2.23. The zero-order valence-corrected chi connectivity index (χ0v) is 13.1. The van der Waals surface area contributed by atoms with Crippen LogP contribution in [0.1, 0.15) is 12.5 Å². The average molecular weight is 309 g/mol. The Kier molecular flexibility index (Phi) is 5.39. The summed E-state index contributed by atoms with van der Waals surface area (Å²) < 4.78 is 0. The van der Waals surface area contributed by atoms with Crippen molar-refractivity contribution in [3.05, 3.63) is 29.8 Å². The molecule has 20 heavy (non-hydrogen) atoms. The summed E-state index contributed by atoms with van der Waals surface area (Å²) in [6.45, 7) is 3.85. The summed E-state index contributed by atoms with van der Waals surface area (Å²) in [6, 6.07) is 7.22. The molecule has 1 amide bonds. The minimum atomic E-state index is -0.143. The summed E-state index contributed by atoms with van der Waals surface area (Å²) in [5, 5.41) is 2.93. The van der Waals surface area contributed by atoms with Gasteiger partial charge in [0.1, 0.15) is 4.99 Å². The van der Waals surface area contributed by atoms with E-state index < -0.39 is 0 Å². The monoisotopic (exact) mass is 309 g/mol. The number of nitrogens with two attached hydrogens (primary N) is 1. The number of benzene rings is 1. The molecule has 3 N–H and O–H groups in total. The lowest BCUT2D eigenvalue weighted by atomic mass is 10.1. The van der Waals surface area contributed by atoms with Crippen molar-refractivity contribution in [1.82, 2.24) is 4.90 Å². The first kappa shape index (κ1) is 15.3. The standard InChI is InChI=1S/C14H19N3OS2/c1-10(17-6-8-20-9-7-17)14(18)16-12-5-3-2-4-11(12)13(15)19/h2-5,10H,6-9H2,1H3,(H2,15,19)(H,16,18). The second-order valence-electron chi connectivity index (χ2n) is 4.72. The van der Waals surface area contributed by atoms with Crippen molar-refractivity contribution in [2.75, 3.05) is 29.9 Å². The van der Waals surface area contributed by atoms with Gasteiger partial charge in [0.15, 0.2) is 0 Å². The SMILES string of the molecule is CC(C(=O)Nc1ccccc1C(N)=S)N1CCSCC1. The van der Waals surface area contributed by atoms with Crippen LogP contribution in [0.2, 0.25) is 0 Å². The quantitative estimate of drug-likeness (QED) is 0.829. The molecule has 1 unspecified atom stereocenters. The van der Waals surface area contributed by atoms with E-state index in [0.29, 0.717) is 16.2 Å². The Hall–Kier alpha value is -1.11. The van der Waals surface area contributed by atoms with E-state index >= 15 is 0 Å². The van der Waals surface area contributed by atoms with Crippen LogP contribution in [0, 0.1) is 0 Å². The van der Waals surface area contributed by atoms with E-state index in [0.717, 1.165) is 24.6 Å². The molecule has 0 aromatic heterocycles. The zero-order chi connectivity index (χ0) is 14.5. The number of nitrogens with one attached hydrogen (secondary N) is 1. The van der Waals surface area contributed by atoms with Gasteiger partial charge in [-0.3, -0.25) is 9.69 Å². The summed E-state index contributed by atoms with van der Waals surface area (Å²) >= 11 is 6.94. The first-order chi connectivity index (χ1) is 9.59. The largest absolute Gasteiger partial charge is 0.389 e. The predicted octanol–water partition coefficient (Wildman–Crippen LogP) is 1.70. The molecule has 1 saturated heterocycles. The van der Waals surface area contributed by atoms with Crippen LogP contribution in [0.25, 0.3) is 0 Å². The Labute approximate surface area is 129 Å². The minimum absolute atomic E-state index is 0.0133. The molecular formula is C14H19N3OS2. The number of amides is 1. The number of hydrogen-bond donors (Lipinski definition) is 2. The summed E-state index contributed by atoms with van der Waals surface area (Å²) in [5.41, 5.74) is 7.07. The van der Waals surface area contributed by atoms with Crippen molar-refractivity contribution in [3.63, 3.8) is 0 Å². The van der Waals surface area contributed by atoms with E-state index in [1.807, 2.05) is 43.0 Å². The first-order valence-corrected chi connectivity index (χ1v) is 8.17. The Balaban J connectivity index is 2.05. The summed E-state index contributed by atoms with van der Waals surface area (Å²) in [4.78, 5) is 14.8. The van der Waals surface area contributed by atoms with Gasteiger partial charge in [0, 0.05) is 30.2 Å². The van der Waals surface area contributed by atoms with Crippen LogP contribution in [-0.4, -0.2) is 46.4 Å². The average Bonchev–Trinajstić information content (AvgIpc) is 2.47. The Bertz CT molecular complexity index is 501. The maximum Gasteiger partial charge on any atom is 0.241 e. The number of nitrogens with zero attached hydrogens (tertiary/aromatic N) is 1. The number of anilines is 1. The lowest BCUT2D eigenvalue weighted by Crippen LogP contribution is -2.46. The van der Waals surface area contributed by atoms with Crippen LogP contribution in [0.15, 0.2) is 24.3 Å². The molecule has 1 aliphatic rings. The lowest BCUT2D eigenvalue weighted by molar-refractivity contribution is -0.120. The number of carbonyl (C=O) groups is 1. The molecule has 0 aliphatic carbocycles. The summed E-state index contributed by atoms with van der Waals surface area (Å²) in [6.07, 6.45) is 0. The molecular weight excluding hydrogens is 290 g/mol. The number of hydrogen-bond acceptors (Lipinski definition) is 4. The minimum Gasteiger partial charge on any atom is -0.389 e. The van der Waals surface area contributed by atoms with Gasteiger partial charge in [-0.15, -0.1) is 0 Å². The topological polar surface area (TPSA) is 58.4 Å². The normalized spacial score (nSPS) is 17.4. The molecule has 4 nitrogen and oxygen atoms in total. The van der Waals surface area contributed by atoms with Gasteiger partial charge in [-0.25, -0.2) is 0 Å². The van der Waals surface area contributed by atoms with Gasteiger partial charge in [-0.05, 0) is 19.1 Å². The second kappa shape index (κ2) is 7.06. The van der Waals surface area contributed by atoms with E-state index in [4.69, 9.17) is 18.0 Å². The molecule has 1 heterocycles. The van der Waals surface area contributed by atoms with Crippen molar-refractivity contribution in [3.8, 4) is 0 Å². The van der Waals surface area contributed by atoms with Gasteiger partial charge in [0.2, 0.25) is 5.91 Å². The van der Waals surface area contributed by atoms with E-state index in [-0.39, 0.29) is 11.9 Å². The first-order valence-electron chi connectivity index (χ1n) is 6.61. The van der Waals surface area contributed by atoms with Crippen molar-refractivity contribution in [2.24, 2.45) is 5.73 Å². The van der Waals surface area contributed by atoms with Crippen LogP contribution in [0.5, 0.6) is 0 Å². The van der Waals surface area contributed by atoms with Gasteiger partial charge < -0.3 is 11.1 Å². The van der Waals surface area contributed by atoms with Crippen LogP contribution in [0.3, 0.4) is 0 Å². The molecule has 6 heteroatoms. The molecule has 1 fully saturated rings. The predicted molar refractivity (Wildman–Crippen MR) is 89.3 cm³/mol.